The molecule has 8 nitrogen and oxygen atoms in total. The minimum absolute atomic E-state index is 0.139. The van der Waals surface area contributed by atoms with Crippen molar-refractivity contribution in [1.82, 2.24) is 0 Å². The van der Waals surface area contributed by atoms with Gasteiger partial charge in [0.05, 0.1) is 4.90 Å². The summed E-state index contributed by atoms with van der Waals surface area (Å²) in [6.45, 7) is 2.97. The average molecular weight is 543 g/mol. The molecule has 0 aliphatic heterocycles. The summed E-state index contributed by atoms with van der Waals surface area (Å²) in [7, 11) is -8.62. The van der Waals surface area contributed by atoms with Gasteiger partial charge in [0.2, 0.25) is 15.7 Å². The van der Waals surface area contributed by atoms with E-state index in [1.807, 2.05) is 24.3 Å². The first-order valence-corrected chi connectivity index (χ1v) is 14.1. The summed E-state index contributed by atoms with van der Waals surface area (Å²) in [6, 6.07) is 32.2. The molecule has 0 fully saturated rings. The Kier molecular flexibility index (Phi) is 9.52. The van der Waals surface area contributed by atoms with Crippen LogP contribution in [0.25, 0.3) is 22.4 Å². The number of hydrogen-bond acceptors (Lipinski definition) is 6. The van der Waals surface area contributed by atoms with Gasteiger partial charge in [0.15, 0.2) is 12.2 Å². The lowest BCUT2D eigenvalue weighted by atomic mass is 10.0. The molecule has 0 aliphatic carbocycles. The predicted molar refractivity (Wildman–Crippen MR) is 128 cm³/mol. The van der Waals surface area contributed by atoms with Gasteiger partial charge >= 0.3 is 0 Å². The van der Waals surface area contributed by atoms with Crippen molar-refractivity contribution in [1.29, 1.82) is 0 Å². The van der Waals surface area contributed by atoms with Crippen LogP contribution in [0.3, 0.4) is 0 Å². The normalized spacial score (nSPS) is 11.5. The summed E-state index contributed by atoms with van der Waals surface area (Å²) >= 11 is 0. The summed E-state index contributed by atoms with van der Waals surface area (Å²) in [5, 5.41) is 5.22. The zero-order valence-corrected chi connectivity index (χ0v) is 21.7. The number of aromatic nitrogens is 1. The van der Waals surface area contributed by atoms with Crippen molar-refractivity contribution in [2.75, 3.05) is 0 Å². The Bertz CT molecular complexity index is 1400. The summed E-state index contributed by atoms with van der Waals surface area (Å²) in [5.41, 5.74) is 7.07. The molecule has 1 heterocycles. The molecule has 0 saturated carbocycles. The third-order valence-electron chi connectivity index (χ3n) is 5.67. The van der Waals surface area contributed by atoms with Crippen LogP contribution in [-0.4, -0.2) is 8.42 Å². The first-order valence-electron chi connectivity index (χ1n) is 11.4. The maximum atomic E-state index is 11.5. The van der Waals surface area contributed by atoms with Crippen LogP contribution in [0, 0.1) is 10.2 Å². The molecule has 3 aromatic carbocycles. The van der Waals surface area contributed by atoms with E-state index in [-0.39, 0.29) is 4.90 Å². The van der Waals surface area contributed by atoms with Gasteiger partial charge in [0.25, 0.3) is 0 Å². The van der Waals surface area contributed by atoms with Crippen molar-refractivity contribution in [3.05, 3.63) is 108 Å². The third kappa shape index (κ3) is 8.73. The first kappa shape index (κ1) is 28.4. The molecule has 0 aliphatic rings. The Balaban J connectivity index is 0.000000695. The van der Waals surface area contributed by atoms with Gasteiger partial charge in [-0.15, -0.1) is 10.2 Å². The number of nitrogens with two attached hydrogens (primary N) is 1. The van der Waals surface area contributed by atoms with Gasteiger partial charge in [0.1, 0.15) is 0 Å². The van der Waals surface area contributed by atoms with E-state index in [1.54, 1.807) is 12.1 Å². The van der Waals surface area contributed by atoms with E-state index < -0.39 is 20.3 Å². The summed E-state index contributed by atoms with van der Waals surface area (Å²) in [4.78, 5) is 0.139. The summed E-state index contributed by atoms with van der Waals surface area (Å²) in [6.07, 6.45) is 1.69. The number of sulfonamides is 1. The van der Waals surface area contributed by atoms with Crippen LogP contribution in [0.4, 0.5) is 0 Å². The highest BCUT2D eigenvalue weighted by atomic mass is 35.7. The molecule has 0 atom stereocenters. The van der Waals surface area contributed by atoms with Crippen LogP contribution in [0.2, 0.25) is 0 Å². The Hall–Kier alpha value is -3.15. The van der Waals surface area contributed by atoms with Gasteiger partial charge in [-0.1, -0.05) is 67.6 Å². The highest BCUT2D eigenvalue weighted by Crippen LogP contribution is 2.25. The second kappa shape index (κ2) is 12.4. The van der Waals surface area contributed by atoms with E-state index in [0.717, 1.165) is 24.9 Å². The fourth-order valence-corrected chi connectivity index (χ4v) is 4.48. The highest BCUT2D eigenvalue weighted by Gasteiger charge is 2.20. The van der Waals surface area contributed by atoms with Crippen molar-refractivity contribution in [3.8, 4) is 22.4 Å². The SMILES string of the molecule is CCc1cc(-c2ccccc2)cc(-c2ccccc2)[n+]1CCc1ccc(S(N)(=O)=O)cc1.[O-][Cl+3]([O-])([O-])[O-]. The maximum Gasteiger partial charge on any atom is 0.238 e. The van der Waals surface area contributed by atoms with E-state index in [9.17, 15) is 8.42 Å². The minimum atomic E-state index is -4.94. The number of pyridine rings is 1. The molecule has 37 heavy (non-hydrogen) atoms. The molecular formula is C27H27ClN2O6S. The molecule has 1 aromatic heterocycles. The third-order valence-corrected chi connectivity index (χ3v) is 6.60. The highest BCUT2D eigenvalue weighted by molar-refractivity contribution is 7.89. The van der Waals surface area contributed by atoms with Crippen LogP contribution in [-0.2, 0) is 29.4 Å². The van der Waals surface area contributed by atoms with E-state index in [0.29, 0.717) is 0 Å². The number of hydrogen-bond donors (Lipinski definition) is 1. The number of rotatable bonds is 7. The van der Waals surface area contributed by atoms with Crippen LogP contribution >= 0.6 is 0 Å². The van der Waals surface area contributed by atoms with Crippen LogP contribution in [0.5, 0.6) is 0 Å². The lowest BCUT2D eigenvalue weighted by Crippen LogP contribution is -2.68. The van der Waals surface area contributed by atoms with Crippen LogP contribution in [0.1, 0.15) is 18.2 Å². The van der Waals surface area contributed by atoms with Gasteiger partial charge in [0, 0.05) is 30.5 Å². The molecule has 0 amide bonds. The fraction of sp³-hybridized carbons (Fsp3) is 0.148. The van der Waals surface area contributed by atoms with Crippen molar-refractivity contribution >= 4 is 10.0 Å². The number of halogens is 1. The summed E-state index contributed by atoms with van der Waals surface area (Å²) in [5.74, 6) is 0. The zero-order chi connectivity index (χ0) is 27.1. The average Bonchev–Trinajstić information content (AvgIpc) is 2.87. The molecule has 194 valence electrons. The van der Waals surface area contributed by atoms with Gasteiger partial charge < -0.3 is 0 Å². The number of aryl methyl sites for hydroxylation is 2. The van der Waals surface area contributed by atoms with Crippen LogP contribution < -0.4 is 28.3 Å². The van der Waals surface area contributed by atoms with E-state index in [1.165, 1.54) is 28.1 Å². The predicted octanol–water partition coefficient (Wildman–Crippen LogP) is 0.00460. The lowest BCUT2D eigenvalue weighted by molar-refractivity contribution is -2.00. The Morgan fingerprint density at radius 1 is 0.757 bits per heavy atom. The first-order chi connectivity index (χ1) is 17.5. The molecule has 0 bridgehead atoms. The number of nitrogens with zero attached hydrogens (tertiary/aromatic N) is 1. The van der Waals surface area contributed by atoms with Crippen molar-refractivity contribution in [3.63, 3.8) is 0 Å². The largest absolute Gasteiger partial charge is 0.238 e. The molecule has 4 aromatic rings. The quantitative estimate of drug-likeness (QED) is 0.324. The molecule has 0 unspecified atom stereocenters. The lowest BCUT2D eigenvalue weighted by Gasteiger charge is -2.17. The van der Waals surface area contributed by atoms with Gasteiger partial charge in [-0.2, -0.15) is 4.57 Å². The van der Waals surface area contributed by atoms with Crippen molar-refractivity contribution < 1.29 is 41.9 Å². The maximum absolute atomic E-state index is 11.5. The molecular weight excluding hydrogens is 516 g/mol. The molecule has 4 rings (SSSR count). The molecule has 0 spiro atoms. The van der Waals surface area contributed by atoms with E-state index in [2.05, 4.69) is 72.2 Å². The van der Waals surface area contributed by atoms with Crippen molar-refractivity contribution in [2.24, 2.45) is 5.14 Å². The fourth-order valence-electron chi connectivity index (χ4n) is 3.97. The van der Waals surface area contributed by atoms with Crippen molar-refractivity contribution in [2.45, 2.75) is 31.2 Å². The van der Waals surface area contributed by atoms with E-state index in [4.69, 9.17) is 23.8 Å². The van der Waals surface area contributed by atoms with E-state index >= 15 is 0 Å². The zero-order valence-electron chi connectivity index (χ0n) is 20.1. The van der Waals surface area contributed by atoms with Gasteiger partial charge in [-0.3, -0.25) is 0 Å². The molecule has 10 heteroatoms. The molecule has 0 saturated heterocycles. The monoisotopic (exact) mass is 542 g/mol. The summed E-state index contributed by atoms with van der Waals surface area (Å²) < 4.78 is 59.4. The minimum Gasteiger partial charge on any atom is -0.225 e. The van der Waals surface area contributed by atoms with Crippen LogP contribution in [0.15, 0.2) is 102 Å². The Morgan fingerprint density at radius 3 is 1.76 bits per heavy atom. The topological polar surface area (TPSA) is 156 Å². The Labute approximate surface area is 218 Å². The Morgan fingerprint density at radius 2 is 1.27 bits per heavy atom. The second-order valence-corrected chi connectivity index (χ2v) is 10.5. The molecule has 0 radical (unpaired) electrons. The number of benzene rings is 3. The number of primary sulfonamides is 1. The van der Waals surface area contributed by atoms with Gasteiger partial charge in [-0.25, -0.2) is 32.2 Å². The standard InChI is InChI=1S/C27H27N2O2S.ClHO4/c1-2-25-19-24(22-9-5-3-6-10-22)20-27(23-11-7-4-8-12-23)29(25)18-17-21-13-15-26(16-14-21)32(28,30)31;2-1(3,4)5/h3-16,19-20H,2,17-18H2,1H3,(H2,28,30,31);(H,2,3,4,5)/q+1;/p-1. The smallest absolute Gasteiger partial charge is 0.225 e. The second-order valence-electron chi connectivity index (χ2n) is 8.17. The van der Waals surface area contributed by atoms with Gasteiger partial charge in [-0.05, 0) is 41.0 Å². The molecule has 2 N–H and O–H groups in total.